The Kier molecular flexibility index (Phi) is 4.22. The minimum absolute atomic E-state index is 0.0242. The molecule has 0 spiro atoms. The monoisotopic (exact) mass is 278 g/mol. The number of hydrogen-bond acceptors (Lipinski definition) is 6. The predicted octanol–water partition coefficient (Wildman–Crippen LogP) is 1.37. The van der Waals surface area contributed by atoms with Gasteiger partial charge in [0, 0.05) is 0 Å². The second-order valence-electron chi connectivity index (χ2n) is 3.73. The largest absolute Gasteiger partial charge is 0.296 e. The highest BCUT2D eigenvalue weighted by atomic mass is 32.2. The number of hydrazone groups is 1. The molecule has 0 unspecified atom stereocenters. The molecule has 1 rings (SSSR count). The van der Waals surface area contributed by atoms with Crippen molar-refractivity contribution in [2.24, 2.45) is 5.10 Å². The summed E-state index contributed by atoms with van der Waals surface area (Å²) in [6.45, 7) is 3.28. The second kappa shape index (κ2) is 5.48. The van der Waals surface area contributed by atoms with Crippen molar-refractivity contribution in [3.63, 3.8) is 0 Å². The highest BCUT2D eigenvalue weighted by Gasteiger charge is 2.18. The van der Waals surface area contributed by atoms with Crippen LogP contribution in [0.3, 0.4) is 0 Å². The normalized spacial score (nSPS) is 10.2. The van der Waals surface area contributed by atoms with Gasteiger partial charge in [-0.1, -0.05) is 6.07 Å². The van der Waals surface area contributed by atoms with Crippen LogP contribution in [0.1, 0.15) is 11.1 Å². The molecular formula is C11H10N4O3S. The molecule has 0 aromatic heterocycles. The van der Waals surface area contributed by atoms with Gasteiger partial charge in [-0.05, 0) is 31.0 Å². The van der Waals surface area contributed by atoms with Crippen molar-refractivity contribution >= 4 is 21.5 Å². The van der Waals surface area contributed by atoms with E-state index in [1.54, 1.807) is 19.9 Å². The smallest absolute Gasteiger partial charge is 0.282 e. The predicted molar refractivity (Wildman–Crippen MR) is 68.0 cm³/mol. The maximum absolute atomic E-state index is 11.3. The lowest BCUT2D eigenvalue weighted by molar-refractivity contribution is 0.483. The number of benzene rings is 1. The molecule has 0 atom stereocenters. The zero-order valence-corrected chi connectivity index (χ0v) is 11.0. The third-order valence-electron chi connectivity index (χ3n) is 2.21. The summed E-state index contributed by atoms with van der Waals surface area (Å²) in [4.78, 5) is -0.357. The van der Waals surface area contributed by atoms with Crippen LogP contribution in [0.4, 0.5) is 5.69 Å². The Hall–Kier alpha value is -2.42. The van der Waals surface area contributed by atoms with E-state index in [-0.39, 0.29) is 10.6 Å². The fourth-order valence-electron chi connectivity index (χ4n) is 1.46. The molecule has 0 fully saturated rings. The molecule has 0 saturated carbocycles. The van der Waals surface area contributed by atoms with Crippen LogP contribution in [0.5, 0.6) is 0 Å². The molecule has 7 nitrogen and oxygen atoms in total. The first-order valence-corrected chi connectivity index (χ1v) is 6.46. The highest BCUT2D eigenvalue weighted by Crippen LogP contribution is 2.26. The fraction of sp³-hybridized carbons (Fsp3) is 0.182. The first-order chi connectivity index (χ1) is 8.79. The number of aryl methyl sites for hydroxylation is 2. The minimum atomic E-state index is -4.44. The van der Waals surface area contributed by atoms with Crippen molar-refractivity contribution in [3.05, 3.63) is 23.3 Å². The number of nitriles is 2. The van der Waals surface area contributed by atoms with E-state index in [0.717, 1.165) is 0 Å². The van der Waals surface area contributed by atoms with Crippen LogP contribution in [0.2, 0.25) is 0 Å². The van der Waals surface area contributed by atoms with E-state index < -0.39 is 15.8 Å². The van der Waals surface area contributed by atoms with Crippen LogP contribution in [0.15, 0.2) is 22.1 Å². The van der Waals surface area contributed by atoms with E-state index in [1.807, 2.05) is 0 Å². The zero-order valence-electron chi connectivity index (χ0n) is 10.2. The molecule has 0 aliphatic heterocycles. The van der Waals surface area contributed by atoms with E-state index in [2.05, 4.69) is 10.5 Å². The second-order valence-corrected chi connectivity index (χ2v) is 5.12. The van der Waals surface area contributed by atoms with Gasteiger partial charge in [-0.2, -0.15) is 24.0 Å². The van der Waals surface area contributed by atoms with Gasteiger partial charge >= 0.3 is 0 Å². The molecule has 0 bridgehead atoms. The standard InChI is InChI=1S/C11H10N4O3S/c1-7-3-8(2)11(10(4-7)19(16,17)18)15-14-9(5-12)6-13/h3-4,15H,1-2H3,(H,16,17,18). The van der Waals surface area contributed by atoms with Gasteiger partial charge in [0.25, 0.3) is 10.1 Å². The molecule has 0 saturated heterocycles. The summed E-state index contributed by atoms with van der Waals surface area (Å²) < 4.78 is 31.7. The molecule has 0 aliphatic carbocycles. The van der Waals surface area contributed by atoms with Gasteiger partial charge in [0.2, 0.25) is 5.71 Å². The summed E-state index contributed by atoms with van der Waals surface area (Å²) in [5.74, 6) is 0. The summed E-state index contributed by atoms with van der Waals surface area (Å²) in [7, 11) is -4.44. The quantitative estimate of drug-likeness (QED) is 0.488. The Morgan fingerprint density at radius 2 is 1.89 bits per heavy atom. The van der Waals surface area contributed by atoms with Crippen molar-refractivity contribution in [1.29, 1.82) is 10.5 Å². The van der Waals surface area contributed by atoms with Gasteiger partial charge in [0.1, 0.15) is 17.0 Å². The van der Waals surface area contributed by atoms with Gasteiger partial charge in [0.05, 0.1) is 5.69 Å². The van der Waals surface area contributed by atoms with Crippen molar-refractivity contribution in [3.8, 4) is 12.1 Å². The van der Waals surface area contributed by atoms with Crippen LogP contribution in [0.25, 0.3) is 0 Å². The summed E-state index contributed by atoms with van der Waals surface area (Å²) in [6.07, 6.45) is 0. The number of rotatable bonds is 3. The topological polar surface area (TPSA) is 126 Å². The zero-order chi connectivity index (χ0) is 14.6. The SMILES string of the molecule is Cc1cc(C)c(NN=C(C#N)C#N)c(S(=O)(=O)O)c1. The Balaban J connectivity index is 3.41. The highest BCUT2D eigenvalue weighted by molar-refractivity contribution is 7.86. The number of anilines is 1. The number of hydrogen-bond donors (Lipinski definition) is 2. The summed E-state index contributed by atoms with van der Waals surface area (Å²) in [6, 6.07) is 5.99. The van der Waals surface area contributed by atoms with Gasteiger partial charge in [0.15, 0.2) is 0 Å². The lowest BCUT2D eigenvalue weighted by Gasteiger charge is -2.10. The molecule has 19 heavy (non-hydrogen) atoms. The maximum atomic E-state index is 11.3. The third kappa shape index (κ3) is 3.52. The van der Waals surface area contributed by atoms with Crippen molar-refractivity contribution in [2.45, 2.75) is 18.7 Å². The van der Waals surface area contributed by atoms with E-state index in [9.17, 15) is 8.42 Å². The van der Waals surface area contributed by atoms with Crippen molar-refractivity contribution < 1.29 is 13.0 Å². The lowest BCUT2D eigenvalue weighted by Crippen LogP contribution is -2.07. The molecular weight excluding hydrogens is 268 g/mol. The third-order valence-corrected chi connectivity index (χ3v) is 3.09. The molecule has 1 aromatic carbocycles. The first-order valence-electron chi connectivity index (χ1n) is 5.02. The van der Waals surface area contributed by atoms with Crippen LogP contribution in [-0.4, -0.2) is 18.7 Å². The summed E-state index contributed by atoms with van der Waals surface area (Å²) >= 11 is 0. The van der Waals surface area contributed by atoms with Crippen molar-refractivity contribution in [2.75, 3.05) is 5.43 Å². The Labute approximate surface area is 110 Å². The summed E-state index contributed by atoms with van der Waals surface area (Å²) in [5, 5.41) is 20.5. The molecule has 8 heteroatoms. The molecule has 98 valence electrons. The van der Waals surface area contributed by atoms with E-state index >= 15 is 0 Å². The van der Waals surface area contributed by atoms with Crippen molar-refractivity contribution in [1.82, 2.24) is 0 Å². The van der Waals surface area contributed by atoms with E-state index in [1.165, 1.54) is 18.2 Å². The van der Waals surface area contributed by atoms with Gasteiger partial charge in [-0.15, -0.1) is 0 Å². The maximum Gasteiger partial charge on any atom is 0.296 e. The minimum Gasteiger partial charge on any atom is -0.282 e. The van der Waals surface area contributed by atoms with Crippen LogP contribution >= 0.6 is 0 Å². The molecule has 0 amide bonds. The fourth-order valence-corrected chi connectivity index (χ4v) is 2.26. The Morgan fingerprint density at radius 3 is 2.37 bits per heavy atom. The van der Waals surface area contributed by atoms with Crippen LogP contribution in [0, 0.1) is 36.5 Å². The first kappa shape index (κ1) is 14.6. The molecule has 2 N–H and O–H groups in total. The van der Waals surface area contributed by atoms with Crippen LogP contribution in [-0.2, 0) is 10.1 Å². The van der Waals surface area contributed by atoms with Gasteiger partial charge in [-0.3, -0.25) is 9.98 Å². The molecule has 0 heterocycles. The Morgan fingerprint density at radius 1 is 1.32 bits per heavy atom. The summed E-state index contributed by atoms with van der Waals surface area (Å²) in [5.41, 5.74) is 3.03. The molecule has 0 radical (unpaired) electrons. The number of nitrogens with zero attached hydrogens (tertiary/aromatic N) is 3. The lowest BCUT2D eigenvalue weighted by atomic mass is 10.1. The van der Waals surface area contributed by atoms with Gasteiger partial charge < -0.3 is 0 Å². The van der Waals surface area contributed by atoms with E-state index in [4.69, 9.17) is 15.1 Å². The Bertz CT molecular complexity index is 708. The van der Waals surface area contributed by atoms with Crippen LogP contribution < -0.4 is 5.43 Å². The average molecular weight is 278 g/mol. The number of nitrogens with one attached hydrogen (secondary N) is 1. The molecule has 1 aromatic rings. The average Bonchev–Trinajstić information content (AvgIpc) is 2.30. The van der Waals surface area contributed by atoms with Gasteiger partial charge in [-0.25, -0.2) is 0 Å². The van der Waals surface area contributed by atoms with E-state index in [0.29, 0.717) is 11.1 Å². The molecule has 0 aliphatic rings.